The van der Waals surface area contributed by atoms with Crippen LogP contribution in [0.2, 0.25) is 0 Å². The molecule has 5 heteroatoms. The first kappa shape index (κ1) is 13.6. The van der Waals surface area contributed by atoms with Gasteiger partial charge in [-0.3, -0.25) is 0 Å². The largest absolute Gasteiger partial charge is 0.497 e. The average Bonchev–Trinajstić information content (AvgIpc) is 3.00. The Morgan fingerprint density at radius 1 is 1.14 bits per heavy atom. The van der Waals surface area contributed by atoms with E-state index in [4.69, 9.17) is 19.9 Å². The Balaban J connectivity index is 1.78. The maximum Gasteiger partial charge on any atom is 0.231 e. The fourth-order valence-corrected chi connectivity index (χ4v) is 2.30. The molecule has 1 aliphatic heterocycles. The van der Waals surface area contributed by atoms with Crippen molar-refractivity contribution in [2.75, 3.05) is 25.8 Å². The van der Waals surface area contributed by atoms with Crippen LogP contribution in [-0.2, 0) is 0 Å². The van der Waals surface area contributed by atoms with Gasteiger partial charge < -0.3 is 25.3 Å². The van der Waals surface area contributed by atoms with Gasteiger partial charge in [-0.05, 0) is 42.0 Å². The van der Waals surface area contributed by atoms with Crippen LogP contribution in [-0.4, -0.2) is 20.4 Å². The van der Waals surface area contributed by atoms with Gasteiger partial charge in [-0.25, -0.2) is 0 Å². The molecule has 5 nitrogen and oxygen atoms in total. The fraction of sp³-hybridized carbons (Fsp3) is 0.250. The van der Waals surface area contributed by atoms with Crippen molar-refractivity contribution >= 4 is 5.69 Å². The quantitative estimate of drug-likeness (QED) is 0.884. The number of nitrogens with one attached hydrogen (secondary N) is 1. The summed E-state index contributed by atoms with van der Waals surface area (Å²) in [5.74, 6) is 2.37. The van der Waals surface area contributed by atoms with E-state index < -0.39 is 0 Å². The van der Waals surface area contributed by atoms with Crippen LogP contribution in [0.3, 0.4) is 0 Å². The number of methoxy groups -OCH3 is 1. The molecule has 2 aromatic carbocycles. The summed E-state index contributed by atoms with van der Waals surface area (Å²) in [6.07, 6.45) is 0. The van der Waals surface area contributed by atoms with E-state index in [-0.39, 0.29) is 12.8 Å². The summed E-state index contributed by atoms with van der Waals surface area (Å²) in [6, 6.07) is 13.6. The number of benzene rings is 2. The van der Waals surface area contributed by atoms with Gasteiger partial charge in [-0.1, -0.05) is 6.07 Å². The lowest BCUT2D eigenvalue weighted by Gasteiger charge is -2.19. The number of rotatable bonds is 5. The van der Waals surface area contributed by atoms with Gasteiger partial charge in [0.05, 0.1) is 13.2 Å². The lowest BCUT2D eigenvalue weighted by atomic mass is 10.1. The number of ether oxygens (including phenoxy) is 3. The Morgan fingerprint density at radius 3 is 2.62 bits per heavy atom. The molecule has 0 aliphatic carbocycles. The van der Waals surface area contributed by atoms with Crippen LogP contribution in [0.4, 0.5) is 5.69 Å². The number of hydrogen-bond acceptors (Lipinski definition) is 5. The molecule has 3 rings (SSSR count). The Bertz CT molecular complexity index is 613. The number of hydrogen-bond donors (Lipinski definition) is 2. The minimum absolute atomic E-state index is 0.00731. The van der Waals surface area contributed by atoms with Crippen molar-refractivity contribution in [3.63, 3.8) is 0 Å². The van der Waals surface area contributed by atoms with Crippen molar-refractivity contribution in [3.8, 4) is 17.2 Å². The molecule has 0 bridgehead atoms. The molecule has 0 amide bonds. The first-order valence-electron chi connectivity index (χ1n) is 6.80. The maximum absolute atomic E-state index is 5.89. The van der Waals surface area contributed by atoms with Crippen molar-refractivity contribution in [2.24, 2.45) is 5.73 Å². The summed E-state index contributed by atoms with van der Waals surface area (Å²) < 4.78 is 15.9. The molecule has 0 saturated heterocycles. The van der Waals surface area contributed by atoms with E-state index in [2.05, 4.69) is 5.32 Å². The highest BCUT2D eigenvalue weighted by molar-refractivity contribution is 5.51. The maximum atomic E-state index is 5.89. The molecule has 110 valence electrons. The summed E-state index contributed by atoms with van der Waals surface area (Å²) in [6.45, 7) is 0.754. The van der Waals surface area contributed by atoms with Gasteiger partial charge in [0, 0.05) is 12.2 Å². The number of nitrogens with two attached hydrogens (primary N) is 1. The minimum Gasteiger partial charge on any atom is -0.497 e. The highest BCUT2D eigenvalue weighted by atomic mass is 16.7. The van der Waals surface area contributed by atoms with E-state index >= 15 is 0 Å². The van der Waals surface area contributed by atoms with Gasteiger partial charge in [-0.2, -0.15) is 0 Å². The van der Waals surface area contributed by atoms with Crippen molar-refractivity contribution < 1.29 is 14.2 Å². The third-order valence-corrected chi connectivity index (χ3v) is 3.47. The Labute approximate surface area is 123 Å². The summed E-state index contributed by atoms with van der Waals surface area (Å²) >= 11 is 0. The van der Waals surface area contributed by atoms with Gasteiger partial charge in [0.25, 0.3) is 0 Å². The van der Waals surface area contributed by atoms with Crippen molar-refractivity contribution in [3.05, 3.63) is 48.0 Å². The molecular weight excluding hydrogens is 268 g/mol. The second-order valence-corrected chi connectivity index (χ2v) is 4.77. The molecule has 3 N–H and O–H groups in total. The molecule has 1 aliphatic rings. The normalized spacial score (nSPS) is 13.8. The van der Waals surface area contributed by atoms with Crippen molar-refractivity contribution in [1.29, 1.82) is 0 Å². The van der Waals surface area contributed by atoms with Gasteiger partial charge >= 0.3 is 0 Å². The zero-order chi connectivity index (χ0) is 14.7. The van der Waals surface area contributed by atoms with Crippen LogP contribution in [0.5, 0.6) is 17.2 Å². The molecule has 0 radical (unpaired) electrons. The molecule has 0 fully saturated rings. The molecule has 21 heavy (non-hydrogen) atoms. The predicted molar refractivity (Wildman–Crippen MR) is 81.0 cm³/mol. The second kappa shape index (κ2) is 5.93. The fourth-order valence-electron chi connectivity index (χ4n) is 2.30. The minimum atomic E-state index is 0.00731. The van der Waals surface area contributed by atoms with E-state index in [0.717, 1.165) is 28.5 Å². The summed E-state index contributed by atoms with van der Waals surface area (Å²) in [5, 5.41) is 3.41. The topological polar surface area (TPSA) is 65.7 Å². The lowest BCUT2D eigenvalue weighted by Crippen LogP contribution is -2.20. The van der Waals surface area contributed by atoms with E-state index in [1.165, 1.54) is 0 Å². The standard InChI is InChI=1S/C16H18N2O3/c1-19-13-5-3-12(4-6-13)18-14(9-17)11-2-7-15-16(8-11)21-10-20-15/h2-8,14,18H,9-10,17H2,1H3. The summed E-state index contributed by atoms with van der Waals surface area (Å²) in [4.78, 5) is 0. The zero-order valence-corrected chi connectivity index (χ0v) is 11.8. The first-order chi connectivity index (χ1) is 10.3. The molecule has 0 spiro atoms. The summed E-state index contributed by atoms with van der Waals surface area (Å²) in [5.41, 5.74) is 7.95. The highest BCUT2D eigenvalue weighted by Gasteiger charge is 2.17. The zero-order valence-electron chi connectivity index (χ0n) is 11.8. The van der Waals surface area contributed by atoms with E-state index in [1.807, 2.05) is 42.5 Å². The number of fused-ring (bicyclic) bond motifs is 1. The lowest BCUT2D eigenvalue weighted by molar-refractivity contribution is 0.174. The third kappa shape index (κ3) is 2.87. The van der Waals surface area contributed by atoms with Crippen LogP contribution in [0.25, 0.3) is 0 Å². The summed E-state index contributed by atoms with van der Waals surface area (Å²) in [7, 11) is 1.65. The van der Waals surface area contributed by atoms with Crippen LogP contribution in [0.15, 0.2) is 42.5 Å². The van der Waals surface area contributed by atoms with E-state index in [0.29, 0.717) is 6.54 Å². The van der Waals surface area contributed by atoms with Gasteiger partial charge in [0.15, 0.2) is 11.5 Å². The Kier molecular flexibility index (Phi) is 3.83. The molecule has 0 aromatic heterocycles. The van der Waals surface area contributed by atoms with Crippen LogP contribution >= 0.6 is 0 Å². The van der Waals surface area contributed by atoms with Gasteiger partial charge in [-0.15, -0.1) is 0 Å². The smallest absolute Gasteiger partial charge is 0.231 e. The average molecular weight is 286 g/mol. The molecule has 2 aromatic rings. The highest BCUT2D eigenvalue weighted by Crippen LogP contribution is 2.34. The first-order valence-corrected chi connectivity index (χ1v) is 6.80. The monoisotopic (exact) mass is 286 g/mol. The van der Waals surface area contributed by atoms with Crippen LogP contribution < -0.4 is 25.3 Å². The Hall–Kier alpha value is -2.40. The molecular formula is C16H18N2O3. The number of anilines is 1. The SMILES string of the molecule is COc1ccc(NC(CN)c2ccc3c(c2)OCO3)cc1. The Morgan fingerprint density at radius 2 is 1.90 bits per heavy atom. The molecule has 1 unspecified atom stereocenters. The van der Waals surface area contributed by atoms with Crippen LogP contribution in [0, 0.1) is 0 Å². The molecule has 0 saturated carbocycles. The second-order valence-electron chi connectivity index (χ2n) is 4.77. The van der Waals surface area contributed by atoms with E-state index in [1.54, 1.807) is 7.11 Å². The predicted octanol–water partition coefficient (Wildman–Crippen LogP) is 2.54. The van der Waals surface area contributed by atoms with Crippen molar-refractivity contribution in [2.45, 2.75) is 6.04 Å². The third-order valence-electron chi connectivity index (χ3n) is 3.47. The van der Waals surface area contributed by atoms with Crippen LogP contribution in [0.1, 0.15) is 11.6 Å². The van der Waals surface area contributed by atoms with Gasteiger partial charge in [0.1, 0.15) is 5.75 Å². The van der Waals surface area contributed by atoms with E-state index in [9.17, 15) is 0 Å². The molecule has 1 heterocycles. The molecule has 1 atom stereocenters. The van der Waals surface area contributed by atoms with Crippen molar-refractivity contribution in [1.82, 2.24) is 0 Å². The van der Waals surface area contributed by atoms with Gasteiger partial charge in [0.2, 0.25) is 6.79 Å².